The normalized spacial score (nSPS) is 12.8. The van der Waals surface area contributed by atoms with Crippen molar-refractivity contribution >= 4 is 15.9 Å². The molecule has 0 radical (unpaired) electrons. The SMILES string of the molecule is Cc1c(C)c(C)c(C(N)c2ccoc2Br)c(C)c1C. The lowest BCUT2D eigenvalue weighted by molar-refractivity contribution is 0.534. The van der Waals surface area contributed by atoms with Gasteiger partial charge in [-0.25, -0.2) is 0 Å². The summed E-state index contributed by atoms with van der Waals surface area (Å²) in [6.45, 7) is 10.8. The molecule has 1 aromatic heterocycles. The van der Waals surface area contributed by atoms with E-state index in [-0.39, 0.29) is 6.04 Å². The van der Waals surface area contributed by atoms with E-state index in [1.165, 1.54) is 33.4 Å². The van der Waals surface area contributed by atoms with Crippen molar-refractivity contribution in [2.45, 2.75) is 40.7 Å². The molecule has 1 aromatic carbocycles. The first-order valence-electron chi connectivity index (χ1n) is 6.41. The van der Waals surface area contributed by atoms with Gasteiger partial charge in [-0.3, -0.25) is 0 Å². The summed E-state index contributed by atoms with van der Waals surface area (Å²) in [6.07, 6.45) is 1.66. The number of benzene rings is 1. The first-order valence-corrected chi connectivity index (χ1v) is 7.20. The molecule has 0 spiro atoms. The van der Waals surface area contributed by atoms with Gasteiger partial charge in [-0.15, -0.1) is 0 Å². The minimum Gasteiger partial charge on any atom is -0.457 e. The number of hydrogen-bond donors (Lipinski definition) is 1. The van der Waals surface area contributed by atoms with Crippen LogP contribution in [0.25, 0.3) is 0 Å². The van der Waals surface area contributed by atoms with Crippen LogP contribution in [0.5, 0.6) is 0 Å². The Bertz CT molecular complexity index is 599. The standard InChI is InChI=1S/C16H20BrNO/c1-8-9(2)11(4)14(12(5)10(8)3)15(18)13-6-7-19-16(13)17/h6-7,15H,18H2,1-5H3. The molecule has 0 saturated carbocycles. The number of nitrogens with two attached hydrogens (primary N) is 1. The van der Waals surface area contributed by atoms with Crippen molar-refractivity contribution in [3.05, 3.63) is 55.9 Å². The van der Waals surface area contributed by atoms with Crippen LogP contribution < -0.4 is 5.73 Å². The highest BCUT2D eigenvalue weighted by atomic mass is 79.9. The lowest BCUT2D eigenvalue weighted by Gasteiger charge is -2.22. The lowest BCUT2D eigenvalue weighted by Crippen LogP contribution is -2.16. The van der Waals surface area contributed by atoms with E-state index >= 15 is 0 Å². The van der Waals surface area contributed by atoms with Gasteiger partial charge < -0.3 is 10.2 Å². The Hall–Kier alpha value is -1.06. The first-order chi connectivity index (χ1) is 8.86. The molecule has 2 rings (SSSR count). The Morgan fingerprint density at radius 2 is 1.42 bits per heavy atom. The maximum atomic E-state index is 6.46. The predicted octanol–water partition coefficient (Wildman–Crippen LogP) is 4.63. The monoisotopic (exact) mass is 321 g/mol. The van der Waals surface area contributed by atoms with Crippen LogP contribution in [-0.2, 0) is 0 Å². The van der Waals surface area contributed by atoms with Crippen molar-refractivity contribution in [1.29, 1.82) is 0 Å². The van der Waals surface area contributed by atoms with Gasteiger partial charge in [-0.2, -0.15) is 0 Å². The van der Waals surface area contributed by atoms with Gasteiger partial charge in [-0.1, -0.05) is 0 Å². The van der Waals surface area contributed by atoms with Crippen molar-refractivity contribution < 1.29 is 4.42 Å². The molecule has 1 heterocycles. The molecular formula is C16H20BrNO. The molecule has 1 unspecified atom stereocenters. The van der Waals surface area contributed by atoms with Crippen LogP contribution >= 0.6 is 15.9 Å². The van der Waals surface area contributed by atoms with Crippen LogP contribution in [0, 0.1) is 34.6 Å². The minimum atomic E-state index is -0.161. The second kappa shape index (κ2) is 5.14. The second-order valence-corrected chi connectivity index (χ2v) is 5.89. The number of rotatable bonds is 2. The topological polar surface area (TPSA) is 39.2 Å². The van der Waals surface area contributed by atoms with Crippen molar-refractivity contribution in [1.82, 2.24) is 0 Å². The summed E-state index contributed by atoms with van der Waals surface area (Å²) in [6, 6.07) is 1.77. The van der Waals surface area contributed by atoms with Gasteiger partial charge in [0, 0.05) is 5.56 Å². The van der Waals surface area contributed by atoms with E-state index in [9.17, 15) is 0 Å². The summed E-state index contributed by atoms with van der Waals surface area (Å²) in [7, 11) is 0. The Morgan fingerprint density at radius 1 is 0.947 bits per heavy atom. The molecule has 1 atom stereocenters. The third kappa shape index (κ3) is 2.26. The van der Waals surface area contributed by atoms with Crippen molar-refractivity contribution in [2.75, 3.05) is 0 Å². The van der Waals surface area contributed by atoms with E-state index in [4.69, 9.17) is 10.2 Å². The highest BCUT2D eigenvalue weighted by molar-refractivity contribution is 9.10. The third-order valence-corrected chi connectivity index (χ3v) is 4.99. The van der Waals surface area contributed by atoms with Crippen LogP contribution in [0.15, 0.2) is 21.4 Å². The van der Waals surface area contributed by atoms with Gasteiger partial charge in [-0.05, 0) is 90.0 Å². The van der Waals surface area contributed by atoms with Crippen molar-refractivity contribution in [3.63, 3.8) is 0 Å². The van der Waals surface area contributed by atoms with Gasteiger partial charge in [0.25, 0.3) is 0 Å². The fraction of sp³-hybridized carbons (Fsp3) is 0.375. The minimum absolute atomic E-state index is 0.161. The number of halogens is 1. The Morgan fingerprint density at radius 3 is 1.84 bits per heavy atom. The summed E-state index contributed by atoms with van der Waals surface area (Å²) in [5.74, 6) is 0. The molecule has 3 heteroatoms. The van der Waals surface area contributed by atoms with E-state index in [1.54, 1.807) is 6.26 Å². The molecular weight excluding hydrogens is 302 g/mol. The fourth-order valence-corrected chi connectivity index (χ4v) is 3.16. The quantitative estimate of drug-likeness (QED) is 0.875. The average Bonchev–Trinajstić information content (AvgIpc) is 2.80. The van der Waals surface area contributed by atoms with E-state index < -0.39 is 0 Å². The molecule has 19 heavy (non-hydrogen) atoms. The van der Waals surface area contributed by atoms with Gasteiger partial charge in [0.1, 0.15) is 0 Å². The van der Waals surface area contributed by atoms with Crippen molar-refractivity contribution in [3.8, 4) is 0 Å². The summed E-state index contributed by atoms with van der Waals surface area (Å²) in [5, 5.41) is 0. The molecule has 2 aromatic rings. The molecule has 0 bridgehead atoms. The van der Waals surface area contributed by atoms with E-state index in [0.717, 1.165) is 10.2 Å². The molecule has 0 aliphatic heterocycles. The third-order valence-electron chi connectivity index (χ3n) is 4.35. The van der Waals surface area contributed by atoms with Crippen LogP contribution in [-0.4, -0.2) is 0 Å². The second-order valence-electron chi connectivity index (χ2n) is 5.17. The zero-order valence-corrected chi connectivity index (χ0v) is 13.7. The maximum Gasteiger partial charge on any atom is 0.174 e. The van der Waals surface area contributed by atoms with E-state index in [0.29, 0.717) is 0 Å². The van der Waals surface area contributed by atoms with Crippen LogP contribution in [0.4, 0.5) is 0 Å². The Balaban J connectivity index is 2.67. The summed E-state index contributed by atoms with van der Waals surface area (Å²) in [5.41, 5.74) is 15.2. The molecule has 2 N–H and O–H groups in total. The molecule has 2 nitrogen and oxygen atoms in total. The molecule has 0 saturated heterocycles. The molecule has 0 aliphatic rings. The first kappa shape index (κ1) is 14.4. The van der Waals surface area contributed by atoms with Crippen molar-refractivity contribution in [2.24, 2.45) is 5.73 Å². The smallest absolute Gasteiger partial charge is 0.174 e. The van der Waals surface area contributed by atoms with E-state index in [2.05, 4.69) is 50.5 Å². The Labute approximate surface area is 123 Å². The zero-order valence-electron chi connectivity index (χ0n) is 12.1. The Kier molecular flexibility index (Phi) is 3.88. The van der Waals surface area contributed by atoms with Crippen LogP contribution in [0.2, 0.25) is 0 Å². The highest BCUT2D eigenvalue weighted by Crippen LogP contribution is 2.35. The van der Waals surface area contributed by atoms with E-state index in [1.807, 2.05) is 6.07 Å². The van der Waals surface area contributed by atoms with Gasteiger partial charge >= 0.3 is 0 Å². The summed E-state index contributed by atoms with van der Waals surface area (Å²) < 4.78 is 6.03. The molecule has 0 fully saturated rings. The zero-order chi connectivity index (χ0) is 14.3. The maximum absolute atomic E-state index is 6.46. The summed E-state index contributed by atoms with van der Waals surface area (Å²) in [4.78, 5) is 0. The lowest BCUT2D eigenvalue weighted by atomic mass is 9.85. The number of hydrogen-bond acceptors (Lipinski definition) is 2. The predicted molar refractivity (Wildman–Crippen MR) is 82.6 cm³/mol. The van der Waals surface area contributed by atoms with Gasteiger partial charge in [0.05, 0.1) is 12.3 Å². The molecule has 0 aliphatic carbocycles. The van der Waals surface area contributed by atoms with Crippen LogP contribution in [0.1, 0.15) is 45.0 Å². The highest BCUT2D eigenvalue weighted by Gasteiger charge is 2.21. The summed E-state index contributed by atoms with van der Waals surface area (Å²) >= 11 is 3.42. The van der Waals surface area contributed by atoms with Gasteiger partial charge in [0.15, 0.2) is 4.67 Å². The van der Waals surface area contributed by atoms with Crippen LogP contribution in [0.3, 0.4) is 0 Å². The largest absolute Gasteiger partial charge is 0.457 e. The average molecular weight is 322 g/mol. The molecule has 102 valence electrons. The fourth-order valence-electron chi connectivity index (χ4n) is 2.68. The van der Waals surface area contributed by atoms with Gasteiger partial charge in [0.2, 0.25) is 0 Å². The number of furan rings is 1. The molecule has 0 amide bonds.